The highest BCUT2D eigenvalue weighted by atomic mass is 35.5. The van der Waals surface area contributed by atoms with Crippen LogP contribution in [0.4, 0.5) is 0 Å². The highest BCUT2D eigenvalue weighted by Crippen LogP contribution is 2.31. The molecule has 1 heterocycles. The summed E-state index contributed by atoms with van der Waals surface area (Å²) in [6.45, 7) is 0. The van der Waals surface area contributed by atoms with Crippen LogP contribution in [0.15, 0.2) is 36.4 Å². The van der Waals surface area contributed by atoms with E-state index in [-0.39, 0.29) is 0 Å². The zero-order valence-electron chi connectivity index (χ0n) is 12.8. The van der Waals surface area contributed by atoms with E-state index in [0.717, 1.165) is 5.56 Å². The molecule has 3 rings (SSSR count). The molecule has 0 aliphatic carbocycles. The van der Waals surface area contributed by atoms with E-state index in [9.17, 15) is 0 Å². The number of H-pyrrole nitrogens is 1. The van der Waals surface area contributed by atoms with Gasteiger partial charge in [0.05, 0.1) is 19.9 Å². The average Bonchev–Trinajstić information content (AvgIpc) is 2.95. The van der Waals surface area contributed by atoms with Crippen LogP contribution < -0.4 is 9.47 Å². The molecule has 8 heteroatoms. The fraction of sp³-hybridized carbons (Fsp3) is 0.125. The Hall–Kier alpha value is -2.02. The summed E-state index contributed by atoms with van der Waals surface area (Å²) in [7, 11) is 3.18. The standard InChI is InChI=1S/C16H13Cl2N3O2S/c1-22-13-3-9(4-14(8-13)23-2)15-19-20-16(24)21(15)12-6-10(17)5-11(18)7-12/h3-8H,1-2H3,(H,20,24). The first kappa shape index (κ1) is 16.8. The first-order valence-electron chi connectivity index (χ1n) is 6.89. The van der Waals surface area contributed by atoms with Gasteiger partial charge in [-0.1, -0.05) is 23.2 Å². The second-order valence-corrected chi connectivity index (χ2v) is 6.18. The largest absolute Gasteiger partial charge is 0.497 e. The summed E-state index contributed by atoms with van der Waals surface area (Å²) in [6, 6.07) is 10.7. The minimum absolute atomic E-state index is 0.421. The summed E-state index contributed by atoms with van der Waals surface area (Å²) in [6.07, 6.45) is 0. The Labute approximate surface area is 153 Å². The normalized spacial score (nSPS) is 10.7. The molecule has 5 nitrogen and oxygen atoms in total. The van der Waals surface area contributed by atoms with Gasteiger partial charge in [-0.2, -0.15) is 5.10 Å². The zero-order valence-corrected chi connectivity index (χ0v) is 15.2. The van der Waals surface area contributed by atoms with Gasteiger partial charge in [-0.25, -0.2) is 0 Å². The number of methoxy groups -OCH3 is 2. The van der Waals surface area contributed by atoms with Crippen LogP contribution >= 0.6 is 35.4 Å². The number of rotatable bonds is 4. The molecule has 0 saturated carbocycles. The molecule has 0 fully saturated rings. The molecular formula is C16H13Cl2N3O2S. The lowest BCUT2D eigenvalue weighted by atomic mass is 10.2. The lowest BCUT2D eigenvalue weighted by Crippen LogP contribution is -1.99. The Morgan fingerprint density at radius 3 is 2.08 bits per heavy atom. The molecule has 3 aromatic rings. The van der Waals surface area contributed by atoms with Crippen LogP contribution in [0.5, 0.6) is 11.5 Å². The number of hydrogen-bond donors (Lipinski definition) is 1. The molecule has 0 aliphatic heterocycles. The Balaban J connectivity index is 2.23. The SMILES string of the molecule is COc1cc(OC)cc(-c2n[nH]c(=S)n2-c2cc(Cl)cc(Cl)c2)c1. The average molecular weight is 382 g/mol. The summed E-state index contributed by atoms with van der Waals surface area (Å²) in [5, 5.41) is 8.14. The quantitative estimate of drug-likeness (QED) is 0.651. The molecule has 24 heavy (non-hydrogen) atoms. The topological polar surface area (TPSA) is 52.1 Å². The van der Waals surface area contributed by atoms with Crippen molar-refractivity contribution in [3.05, 3.63) is 51.2 Å². The van der Waals surface area contributed by atoms with E-state index in [0.29, 0.717) is 37.8 Å². The second kappa shape index (κ2) is 6.84. The van der Waals surface area contributed by atoms with Crippen LogP contribution in [0.1, 0.15) is 0 Å². The van der Waals surface area contributed by atoms with Crippen LogP contribution in [-0.2, 0) is 0 Å². The van der Waals surface area contributed by atoms with E-state index in [1.54, 1.807) is 43.1 Å². The molecule has 0 unspecified atom stereocenters. The Morgan fingerprint density at radius 1 is 0.958 bits per heavy atom. The molecule has 0 aliphatic rings. The predicted molar refractivity (Wildman–Crippen MR) is 97.3 cm³/mol. The molecule has 0 amide bonds. The monoisotopic (exact) mass is 381 g/mol. The molecular weight excluding hydrogens is 369 g/mol. The van der Waals surface area contributed by atoms with E-state index in [1.165, 1.54) is 0 Å². The van der Waals surface area contributed by atoms with Crippen molar-refractivity contribution >= 4 is 35.4 Å². The second-order valence-electron chi connectivity index (χ2n) is 4.92. The fourth-order valence-corrected chi connectivity index (χ4v) is 3.09. The maximum Gasteiger partial charge on any atom is 0.200 e. The fourth-order valence-electron chi connectivity index (χ4n) is 2.34. The number of benzene rings is 2. The molecule has 2 aromatic carbocycles. The third-order valence-electron chi connectivity index (χ3n) is 3.39. The highest BCUT2D eigenvalue weighted by molar-refractivity contribution is 7.71. The van der Waals surface area contributed by atoms with Gasteiger partial charge in [0.15, 0.2) is 10.6 Å². The van der Waals surface area contributed by atoms with Crippen molar-refractivity contribution in [3.63, 3.8) is 0 Å². The summed E-state index contributed by atoms with van der Waals surface area (Å²) in [4.78, 5) is 0. The van der Waals surface area contributed by atoms with Gasteiger partial charge < -0.3 is 9.47 Å². The van der Waals surface area contributed by atoms with Gasteiger partial charge in [0.2, 0.25) is 0 Å². The minimum Gasteiger partial charge on any atom is -0.497 e. The van der Waals surface area contributed by atoms with Gasteiger partial charge in [-0.3, -0.25) is 9.67 Å². The molecule has 1 aromatic heterocycles. The number of hydrogen-bond acceptors (Lipinski definition) is 4. The predicted octanol–water partition coefficient (Wildman–Crippen LogP) is 4.92. The lowest BCUT2D eigenvalue weighted by Gasteiger charge is -2.11. The molecule has 1 N–H and O–H groups in total. The van der Waals surface area contributed by atoms with Crippen molar-refractivity contribution in [1.29, 1.82) is 0 Å². The van der Waals surface area contributed by atoms with Gasteiger partial charge in [-0.05, 0) is 42.5 Å². The van der Waals surface area contributed by atoms with Crippen molar-refractivity contribution in [3.8, 4) is 28.6 Å². The first-order valence-corrected chi connectivity index (χ1v) is 8.05. The maximum atomic E-state index is 6.11. The Kier molecular flexibility index (Phi) is 4.80. The highest BCUT2D eigenvalue weighted by Gasteiger charge is 2.14. The van der Waals surface area contributed by atoms with Crippen LogP contribution in [0.25, 0.3) is 17.1 Å². The van der Waals surface area contributed by atoms with Gasteiger partial charge in [0, 0.05) is 21.7 Å². The summed E-state index contributed by atoms with van der Waals surface area (Å²) in [5.41, 5.74) is 1.48. The number of nitrogens with zero attached hydrogens (tertiary/aromatic N) is 2. The molecule has 0 bridgehead atoms. The van der Waals surface area contributed by atoms with E-state index in [2.05, 4.69) is 10.2 Å². The van der Waals surface area contributed by atoms with Crippen LogP contribution in [0.3, 0.4) is 0 Å². The van der Waals surface area contributed by atoms with Crippen molar-refractivity contribution in [2.24, 2.45) is 0 Å². The van der Waals surface area contributed by atoms with Gasteiger partial charge in [0.25, 0.3) is 0 Å². The Bertz CT molecular complexity index is 910. The van der Waals surface area contributed by atoms with Gasteiger partial charge in [-0.15, -0.1) is 0 Å². The van der Waals surface area contributed by atoms with Crippen molar-refractivity contribution in [2.75, 3.05) is 14.2 Å². The smallest absolute Gasteiger partial charge is 0.200 e. The van der Waals surface area contributed by atoms with E-state index < -0.39 is 0 Å². The molecule has 0 saturated heterocycles. The van der Waals surface area contributed by atoms with Gasteiger partial charge in [0.1, 0.15) is 11.5 Å². The first-order chi connectivity index (χ1) is 11.5. The van der Waals surface area contributed by atoms with Crippen molar-refractivity contribution in [1.82, 2.24) is 14.8 Å². The summed E-state index contributed by atoms with van der Waals surface area (Å²) < 4.78 is 12.8. The van der Waals surface area contributed by atoms with E-state index >= 15 is 0 Å². The minimum atomic E-state index is 0.421. The van der Waals surface area contributed by atoms with Crippen LogP contribution in [0.2, 0.25) is 10.0 Å². The van der Waals surface area contributed by atoms with Crippen molar-refractivity contribution < 1.29 is 9.47 Å². The number of aromatic nitrogens is 3. The summed E-state index contributed by atoms with van der Waals surface area (Å²) >= 11 is 17.6. The molecule has 0 spiro atoms. The number of aromatic amines is 1. The zero-order chi connectivity index (χ0) is 17.3. The summed E-state index contributed by atoms with van der Waals surface area (Å²) in [5.74, 6) is 1.89. The number of nitrogens with one attached hydrogen (secondary N) is 1. The number of halogens is 2. The van der Waals surface area contributed by atoms with Gasteiger partial charge >= 0.3 is 0 Å². The van der Waals surface area contributed by atoms with E-state index in [4.69, 9.17) is 44.9 Å². The molecule has 124 valence electrons. The van der Waals surface area contributed by atoms with Crippen LogP contribution in [0, 0.1) is 4.77 Å². The number of ether oxygens (including phenoxy) is 2. The lowest BCUT2D eigenvalue weighted by molar-refractivity contribution is 0.394. The van der Waals surface area contributed by atoms with Crippen molar-refractivity contribution in [2.45, 2.75) is 0 Å². The molecule has 0 radical (unpaired) electrons. The third kappa shape index (κ3) is 3.26. The third-order valence-corrected chi connectivity index (χ3v) is 4.10. The van der Waals surface area contributed by atoms with Crippen LogP contribution in [-0.4, -0.2) is 29.0 Å². The Morgan fingerprint density at radius 2 is 1.54 bits per heavy atom. The maximum absolute atomic E-state index is 6.11. The van der Waals surface area contributed by atoms with E-state index in [1.807, 2.05) is 12.1 Å². The molecule has 0 atom stereocenters.